The van der Waals surface area contributed by atoms with Crippen molar-refractivity contribution >= 4 is 23.3 Å². The van der Waals surface area contributed by atoms with Gasteiger partial charge in [-0.2, -0.15) is 5.43 Å². The van der Waals surface area contributed by atoms with Crippen molar-refractivity contribution in [2.45, 2.75) is 13.5 Å². The standard InChI is InChI=1S/C18H19ClN4/c1-14(16-7-9-17(19)10-8-16)21-22-18-20-11-12-23(18)13-15-5-3-2-4-6-15/h2-10H,11-13H2,1H3,(H,20,22)/p+1. The Bertz CT molecular complexity index is 720. The molecule has 0 atom stereocenters. The fourth-order valence-electron chi connectivity index (χ4n) is 2.50. The SMILES string of the molecule is CC(=NNC1=[N+](Cc2ccccc2)CCN1)c1ccc(Cl)cc1. The highest BCUT2D eigenvalue weighted by atomic mass is 35.5. The summed E-state index contributed by atoms with van der Waals surface area (Å²) in [5, 5.41) is 8.56. The van der Waals surface area contributed by atoms with Crippen LogP contribution in [0, 0.1) is 0 Å². The second-order valence-corrected chi connectivity index (χ2v) is 5.93. The molecule has 0 saturated heterocycles. The van der Waals surface area contributed by atoms with Gasteiger partial charge in [0.05, 0.1) is 25.3 Å². The molecule has 0 radical (unpaired) electrons. The van der Waals surface area contributed by atoms with Crippen LogP contribution in [-0.4, -0.2) is 29.3 Å². The van der Waals surface area contributed by atoms with Crippen LogP contribution in [0.3, 0.4) is 0 Å². The van der Waals surface area contributed by atoms with Crippen LogP contribution in [0.1, 0.15) is 18.1 Å². The lowest BCUT2D eigenvalue weighted by molar-refractivity contribution is -0.536. The highest BCUT2D eigenvalue weighted by molar-refractivity contribution is 6.30. The van der Waals surface area contributed by atoms with Gasteiger partial charge in [0.15, 0.2) is 0 Å². The van der Waals surface area contributed by atoms with Crippen LogP contribution in [0.5, 0.6) is 0 Å². The molecule has 1 aliphatic rings. The van der Waals surface area contributed by atoms with E-state index in [1.807, 2.05) is 37.3 Å². The monoisotopic (exact) mass is 327 g/mol. The van der Waals surface area contributed by atoms with Crippen molar-refractivity contribution < 1.29 is 4.58 Å². The second kappa shape index (κ2) is 7.29. The summed E-state index contributed by atoms with van der Waals surface area (Å²) in [5.41, 5.74) is 6.41. The zero-order chi connectivity index (χ0) is 16.1. The fraction of sp³-hybridized carbons (Fsp3) is 0.222. The minimum Gasteiger partial charge on any atom is -0.273 e. The van der Waals surface area contributed by atoms with E-state index in [4.69, 9.17) is 11.6 Å². The first-order valence-corrected chi connectivity index (χ1v) is 8.06. The van der Waals surface area contributed by atoms with Gasteiger partial charge in [0.1, 0.15) is 0 Å². The van der Waals surface area contributed by atoms with Crippen LogP contribution in [0.4, 0.5) is 0 Å². The third-order valence-corrected chi connectivity index (χ3v) is 4.05. The predicted molar refractivity (Wildman–Crippen MR) is 95.1 cm³/mol. The van der Waals surface area contributed by atoms with Gasteiger partial charge in [-0.05, 0) is 30.2 Å². The number of nitrogens with zero attached hydrogens (tertiary/aromatic N) is 2. The normalized spacial score (nSPS) is 14.8. The quantitative estimate of drug-likeness (QED) is 0.515. The maximum atomic E-state index is 5.92. The van der Waals surface area contributed by atoms with E-state index >= 15 is 0 Å². The molecule has 1 aliphatic heterocycles. The van der Waals surface area contributed by atoms with Crippen molar-refractivity contribution in [1.29, 1.82) is 0 Å². The first kappa shape index (κ1) is 15.6. The lowest BCUT2D eigenvalue weighted by Gasteiger charge is -2.05. The molecule has 2 aromatic rings. The van der Waals surface area contributed by atoms with Gasteiger partial charge in [-0.1, -0.05) is 54.1 Å². The minimum absolute atomic E-state index is 0.732. The third-order valence-electron chi connectivity index (χ3n) is 3.80. The first-order chi connectivity index (χ1) is 11.2. The van der Waals surface area contributed by atoms with Gasteiger partial charge in [-0.25, -0.2) is 0 Å². The maximum absolute atomic E-state index is 5.92. The summed E-state index contributed by atoms with van der Waals surface area (Å²) in [5.74, 6) is 0.946. The lowest BCUT2D eigenvalue weighted by atomic mass is 10.1. The number of hydrogen-bond donors (Lipinski definition) is 2. The van der Waals surface area contributed by atoms with Crippen molar-refractivity contribution in [3.05, 3.63) is 70.7 Å². The summed E-state index contributed by atoms with van der Waals surface area (Å²) in [7, 11) is 0. The zero-order valence-corrected chi connectivity index (χ0v) is 13.8. The molecule has 3 rings (SSSR count). The smallest absolute Gasteiger partial charge is 0.273 e. The van der Waals surface area contributed by atoms with Crippen molar-refractivity contribution in [2.75, 3.05) is 13.1 Å². The average molecular weight is 328 g/mol. The summed E-state index contributed by atoms with van der Waals surface area (Å²) in [6.07, 6.45) is 0. The molecular formula is C18H20ClN4+. The summed E-state index contributed by atoms with van der Waals surface area (Å²) in [4.78, 5) is 0. The lowest BCUT2D eigenvalue weighted by Crippen LogP contribution is -2.35. The van der Waals surface area contributed by atoms with Crippen molar-refractivity contribution in [1.82, 2.24) is 10.7 Å². The molecule has 118 valence electrons. The molecule has 0 saturated carbocycles. The van der Waals surface area contributed by atoms with Gasteiger partial charge in [0.2, 0.25) is 0 Å². The molecule has 1 heterocycles. The Hall–Kier alpha value is -2.33. The Morgan fingerprint density at radius 1 is 1.17 bits per heavy atom. The molecule has 2 aromatic carbocycles. The molecule has 4 nitrogen and oxygen atoms in total. The minimum atomic E-state index is 0.732. The molecular weight excluding hydrogens is 308 g/mol. The fourth-order valence-corrected chi connectivity index (χ4v) is 2.62. The summed E-state index contributed by atoms with van der Waals surface area (Å²) >= 11 is 5.92. The van der Waals surface area contributed by atoms with E-state index in [0.717, 1.165) is 41.9 Å². The number of hydrogen-bond acceptors (Lipinski definition) is 3. The Labute approximate surface area is 141 Å². The van der Waals surface area contributed by atoms with Crippen LogP contribution in [0.15, 0.2) is 59.7 Å². The number of benzene rings is 2. The number of halogens is 1. The van der Waals surface area contributed by atoms with E-state index in [1.165, 1.54) is 5.56 Å². The Morgan fingerprint density at radius 2 is 1.91 bits per heavy atom. The number of rotatable bonds is 4. The van der Waals surface area contributed by atoms with Gasteiger partial charge in [-0.15, -0.1) is 5.10 Å². The van der Waals surface area contributed by atoms with Crippen LogP contribution in [0.25, 0.3) is 0 Å². The Morgan fingerprint density at radius 3 is 2.65 bits per heavy atom. The molecule has 0 unspecified atom stereocenters. The molecule has 5 heteroatoms. The van der Waals surface area contributed by atoms with Gasteiger partial charge in [0, 0.05) is 5.02 Å². The molecule has 0 fully saturated rings. The summed E-state index contributed by atoms with van der Waals surface area (Å²) in [6, 6.07) is 18.1. The number of hydrazone groups is 1. The highest BCUT2D eigenvalue weighted by Gasteiger charge is 2.19. The van der Waals surface area contributed by atoms with Gasteiger partial charge in [-0.3, -0.25) is 9.89 Å². The molecule has 0 aromatic heterocycles. The Balaban J connectivity index is 1.71. The van der Waals surface area contributed by atoms with E-state index in [2.05, 4.69) is 44.7 Å². The second-order valence-electron chi connectivity index (χ2n) is 5.50. The van der Waals surface area contributed by atoms with E-state index in [9.17, 15) is 0 Å². The maximum Gasteiger partial charge on any atom is 0.370 e. The average Bonchev–Trinajstić information content (AvgIpc) is 3.01. The van der Waals surface area contributed by atoms with Gasteiger partial charge in [0.25, 0.3) is 0 Å². The van der Waals surface area contributed by atoms with E-state index in [1.54, 1.807) is 0 Å². The number of guanidine groups is 1. The molecule has 0 bridgehead atoms. The van der Waals surface area contributed by atoms with E-state index < -0.39 is 0 Å². The largest absolute Gasteiger partial charge is 0.370 e. The van der Waals surface area contributed by atoms with Crippen molar-refractivity contribution in [3.8, 4) is 0 Å². The van der Waals surface area contributed by atoms with Crippen LogP contribution >= 0.6 is 11.6 Å². The van der Waals surface area contributed by atoms with Crippen LogP contribution in [-0.2, 0) is 6.54 Å². The molecule has 0 aliphatic carbocycles. The van der Waals surface area contributed by atoms with Gasteiger partial charge < -0.3 is 0 Å². The van der Waals surface area contributed by atoms with Crippen molar-refractivity contribution in [2.24, 2.45) is 5.10 Å². The highest BCUT2D eigenvalue weighted by Crippen LogP contribution is 2.10. The zero-order valence-electron chi connectivity index (χ0n) is 13.1. The van der Waals surface area contributed by atoms with E-state index in [0.29, 0.717) is 0 Å². The number of nitrogens with one attached hydrogen (secondary N) is 2. The van der Waals surface area contributed by atoms with E-state index in [-0.39, 0.29) is 0 Å². The van der Waals surface area contributed by atoms with Crippen LogP contribution < -0.4 is 10.7 Å². The summed E-state index contributed by atoms with van der Waals surface area (Å²) in [6.45, 7) is 4.73. The van der Waals surface area contributed by atoms with Gasteiger partial charge >= 0.3 is 5.96 Å². The molecule has 2 N–H and O–H groups in total. The Kier molecular flexibility index (Phi) is 4.93. The van der Waals surface area contributed by atoms with Crippen molar-refractivity contribution in [3.63, 3.8) is 0 Å². The van der Waals surface area contributed by atoms with Crippen LogP contribution in [0.2, 0.25) is 5.02 Å². The first-order valence-electron chi connectivity index (χ1n) is 7.68. The third kappa shape index (κ3) is 4.11. The molecule has 23 heavy (non-hydrogen) atoms. The summed E-state index contributed by atoms with van der Waals surface area (Å²) < 4.78 is 2.26. The molecule has 0 spiro atoms. The molecule has 0 amide bonds. The topological polar surface area (TPSA) is 39.4 Å². The predicted octanol–water partition coefficient (Wildman–Crippen LogP) is 2.83.